The molecule has 120 valence electrons. The molecule has 0 aliphatic carbocycles. The summed E-state index contributed by atoms with van der Waals surface area (Å²) in [6, 6.07) is 4.15. The van der Waals surface area contributed by atoms with Gasteiger partial charge in [0, 0.05) is 29.4 Å². The summed E-state index contributed by atoms with van der Waals surface area (Å²) in [6.07, 6.45) is 0. The van der Waals surface area contributed by atoms with Crippen LogP contribution in [0.2, 0.25) is 0 Å². The van der Waals surface area contributed by atoms with Crippen molar-refractivity contribution in [1.29, 1.82) is 0 Å². The zero-order chi connectivity index (χ0) is 15.9. The lowest BCUT2D eigenvalue weighted by Gasteiger charge is -2.15. The fourth-order valence-electron chi connectivity index (χ4n) is 2.45. The first kappa shape index (κ1) is 16.5. The summed E-state index contributed by atoms with van der Waals surface area (Å²) >= 11 is 1.73. The van der Waals surface area contributed by atoms with Crippen LogP contribution in [0.4, 0.5) is 0 Å². The van der Waals surface area contributed by atoms with Crippen molar-refractivity contribution in [2.75, 3.05) is 13.1 Å². The predicted octanol–water partition coefficient (Wildman–Crippen LogP) is 3.21. The van der Waals surface area contributed by atoms with Crippen LogP contribution in [0.3, 0.4) is 0 Å². The number of rotatable bonds is 6. The summed E-state index contributed by atoms with van der Waals surface area (Å²) in [4.78, 5) is 5.88. The molecule has 2 N–H and O–H groups in total. The Balaban J connectivity index is 1.95. The number of aromatic nitrogens is 1. The third-order valence-electron chi connectivity index (χ3n) is 3.47. The topological polar surface area (TPSA) is 62.5 Å². The third kappa shape index (κ3) is 4.34. The van der Waals surface area contributed by atoms with Crippen LogP contribution < -0.4 is 10.6 Å². The van der Waals surface area contributed by atoms with Gasteiger partial charge in [0.25, 0.3) is 0 Å². The second-order valence-corrected chi connectivity index (χ2v) is 6.33. The van der Waals surface area contributed by atoms with Gasteiger partial charge in [0.2, 0.25) is 0 Å². The summed E-state index contributed by atoms with van der Waals surface area (Å²) < 4.78 is 5.24. The van der Waals surface area contributed by atoms with Crippen LogP contribution in [0.25, 0.3) is 0 Å². The van der Waals surface area contributed by atoms with Gasteiger partial charge in [0.05, 0.1) is 12.2 Å². The SMILES string of the molecule is CCNC(=NCc1cccs1)NCC(C)c1c(C)noc1C. The molecule has 0 aliphatic rings. The first-order valence-electron chi connectivity index (χ1n) is 7.59. The molecular formula is C16H24N4OS. The molecule has 0 saturated carbocycles. The molecule has 0 radical (unpaired) electrons. The quantitative estimate of drug-likeness (QED) is 0.634. The normalized spacial score (nSPS) is 13.2. The number of aliphatic imine (C=N–C) groups is 1. The maximum absolute atomic E-state index is 5.24. The van der Waals surface area contributed by atoms with Crippen molar-refractivity contribution >= 4 is 17.3 Å². The Bertz CT molecular complexity index is 584. The summed E-state index contributed by atoms with van der Waals surface area (Å²) in [6.45, 7) is 10.5. The van der Waals surface area contributed by atoms with E-state index in [0.717, 1.165) is 30.5 Å². The van der Waals surface area contributed by atoms with Gasteiger partial charge >= 0.3 is 0 Å². The summed E-state index contributed by atoms with van der Waals surface area (Å²) in [5, 5.41) is 12.8. The molecule has 0 aromatic carbocycles. The number of hydrogen-bond donors (Lipinski definition) is 2. The molecule has 1 atom stereocenters. The van der Waals surface area contributed by atoms with Crippen molar-refractivity contribution in [1.82, 2.24) is 15.8 Å². The number of guanidine groups is 1. The van der Waals surface area contributed by atoms with E-state index in [2.05, 4.69) is 52.1 Å². The van der Waals surface area contributed by atoms with E-state index in [4.69, 9.17) is 4.52 Å². The minimum atomic E-state index is 0.317. The fraction of sp³-hybridized carbons (Fsp3) is 0.500. The summed E-state index contributed by atoms with van der Waals surface area (Å²) in [5.41, 5.74) is 2.15. The lowest BCUT2D eigenvalue weighted by molar-refractivity contribution is 0.391. The lowest BCUT2D eigenvalue weighted by Crippen LogP contribution is -2.39. The number of aryl methyl sites for hydroxylation is 2. The van der Waals surface area contributed by atoms with Crippen LogP contribution in [-0.2, 0) is 6.54 Å². The van der Waals surface area contributed by atoms with E-state index >= 15 is 0 Å². The van der Waals surface area contributed by atoms with Gasteiger partial charge in [-0.15, -0.1) is 11.3 Å². The van der Waals surface area contributed by atoms with Gasteiger partial charge in [-0.1, -0.05) is 18.1 Å². The number of nitrogens with zero attached hydrogens (tertiary/aromatic N) is 2. The van der Waals surface area contributed by atoms with E-state index in [1.807, 2.05) is 13.8 Å². The Hall–Kier alpha value is -1.82. The molecular weight excluding hydrogens is 296 g/mol. The molecule has 1 unspecified atom stereocenters. The van der Waals surface area contributed by atoms with E-state index in [-0.39, 0.29) is 0 Å². The first-order valence-corrected chi connectivity index (χ1v) is 8.47. The highest BCUT2D eigenvalue weighted by molar-refractivity contribution is 7.09. The van der Waals surface area contributed by atoms with Crippen molar-refractivity contribution in [2.24, 2.45) is 4.99 Å². The first-order chi connectivity index (χ1) is 10.6. The maximum atomic E-state index is 5.24. The van der Waals surface area contributed by atoms with E-state index in [0.29, 0.717) is 12.5 Å². The van der Waals surface area contributed by atoms with Gasteiger partial charge < -0.3 is 15.2 Å². The highest BCUT2D eigenvalue weighted by Gasteiger charge is 2.16. The van der Waals surface area contributed by atoms with E-state index in [1.54, 1.807) is 11.3 Å². The van der Waals surface area contributed by atoms with Crippen molar-refractivity contribution in [3.8, 4) is 0 Å². The van der Waals surface area contributed by atoms with Crippen LogP contribution in [0.1, 0.15) is 41.7 Å². The molecule has 0 saturated heterocycles. The molecule has 2 heterocycles. The highest BCUT2D eigenvalue weighted by atomic mass is 32.1. The zero-order valence-corrected chi connectivity index (χ0v) is 14.5. The molecule has 0 spiro atoms. The van der Waals surface area contributed by atoms with Crippen molar-refractivity contribution < 1.29 is 4.52 Å². The van der Waals surface area contributed by atoms with Crippen LogP contribution in [0.15, 0.2) is 27.0 Å². The van der Waals surface area contributed by atoms with E-state index in [9.17, 15) is 0 Å². The van der Waals surface area contributed by atoms with E-state index < -0.39 is 0 Å². The molecule has 0 bridgehead atoms. The van der Waals surface area contributed by atoms with Crippen LogP contribution in [-0.4, -0.2) is 24.2 Å². The van der Waals surface area contributed by atoms with Crippen LogP contribution >= 0.6 is 11.3 Å². The lowest BCUT2D eigenvalue weighted by atomic mass is 10.00. The van der Waals surface area contributed by atoms with Gasteiger partial charge in [0.15, 0.2) is 5.96 Å². The van der Waals surface area contributed by atoms with Crippen molar-refractivity contribution in [3.05, 3.63) is 39.4 Å². The molecule has 2 rings (SSSR count). The molecule has 0 aliphatic heterocycles. The molecule has 0 fully saturated rings. The molecule has 5 nitrogen and oxygen atoms in total. The monoisotopic (exact) mass is 320 g/mol. The number of thiophene rings is 1. The second kappa shape index (κ2) is 7.98. The average Bonchev–Trinajstić information content (AvgIpc) is 3.12. The zero-order valence-electron chi connectivity index (χ0n) is 13.6. The van der Waals surface area contributed by atoms with Gasteiger partial charge in [-0.2, -0.15) is 0 Å². The minimum Gasteiger partial charge on any atom is -0.361 e. The van der Waals surface area contributed by atoms with Crippen molar-refractivity contribution in [3.63, 3.8) is 0 Å². The predicted molar refractivity (Wildman–Crippen MR) is 91.5 cm³/mol. The molecule has 2 aromatic rings. The second-order valence-electron chi connectivity index (χ2n) is 5.29. The van der Waals surface area contributed by atoms with Crippen LogP contribution in [0.5, 0.6) is 0 Å². The van der Waals surface area contributed by atoms with Crippen LogP contribution in [0, 0.1) is 13.8 Å². The minimum absolute atomic E-state index is 0.317. The van der Waals surface area contributed by atoms with Gasteiger partial charge in [-0.05, 0) is 32.2 Å². The Morgan fingerprint density at radius 3 is 2.82 bits per heavy atom. The number of hydrogen-bond acceptors (Lipinski definition) is 4. The van der Waals surface area contributed by atoms with E-state index in [1.165, 1.54) is 10.4 Å². The smallest absolute Gasteiger partial charge is 0.191 e. The highest BCUT2D eigenvalue weighted by Crippen LogP contribution is 2.22. The summed E-state index contributed by atoms with van der Waals surface area (Å²) in [5.74, 6) is 2.05. The summed E-state index contributed by atoms with van der Waals surface area (Å²) in [7, 11) is 0. The Morgan fingerprint density at radius 2 is 2.23 bits per heavy atom. The molecule has 0 amide bonds. The largest absolute Gasteiger partial charge is 0.361 e. The molecule has 2 aromatic heterocycles. The standard InChI is InChI=1S/C16H24N4OS/c1-5-17-16(19-10-14-7-6-8-22-14)18-9-11(2)15-12(3)20-21-13(15)4/h6-8,11H,5,9-10H2,1-4H3,(H2,17,18,19). The van der Waals surface area contributed by atoms with Gasteiger partial charge in [0.1, 0.15) is 5.76 Å². The van der Waals surface area contributed by atoms with Gasteiger partial charge in [-0.25, -0.2) is 4.99 Å². The Morgan fingerprint density at radius 1 is 1.41 bits per heavy atom. The van der Waals surface area contributed by atoms with Gasteiger partial charge in [-0.3, -0.25) is 0 Å². The average molecular weight is 320 g/mol. The Kier molecular flexibility index (Phi) is 6.00. The third-order valence-corrected chi connectivity index (χ3v) is 4.34. The Labute approximate surface area is 135 Å². The number of nitrogens with one attached hydrogen (secondary N) is 2. The van der Waals surface area contributed by atoms with Crippen molar-refractivity contribution in [2.45, 2.75) is 40.2 Å². The molecule has 22 heavy (non-hydrogen) atoms. The maximum Gasteiger partial charge on any atom is 0.191 e. The fourth-order valence-corrected chi connectivity index (χ4v) is 3.07. The molecule has 6 heteroatoms.